The lowest BCUT2D eigenvalue weighted by atomic mass is 10.0. The Kier molecular flexibility index (Phi) is 6.62. The number of ketones is 1. The van der Waals surface area contributed by atoms with Crippen LogP contribution in [0.15, 0.2) is 63.5 Å². The molecule has 1 atom stereocenters. The van der Waals surface area contributed by atoms with Gasteiger partial charge in [0.25, 0.3) is 0 Å². The zero-order chi connectivity index (χ0) is 21.3. The fraction of sp³-hybridized carbons (Fsp3) is 0.130. The van der Waals surface area contributed by atoms with Crippen molar-refractivity contribution in [3.8, 4) is 0 Å². The zero-order valence-electron chi connectivity index (χ0n) is 16.1. The minimum atomic E-state index is -2.46. The molecular weight excluding hydrogens is 515 g/mol. The van der Waals surface area contributed by atoms with Gasteiger partial charge in [-0.25, -0.2) is 0 Å². The number of rotatable bonds is 5. The Morgan fingerprint density at radius 1 is 0.793 bits per heavy atom. The number of benzene rings is 3. The monoisotopic (exact) mass is 531 g/mol. The minimum Gasteiger partial charge on any atom is -0.288 e. The number of aryl methyl sites for hydroxylation is 3. The molecule has 3 aromatic rings. The molecule has 0 amide bonds. The van der Waals surface area contributed by atoms with Crippen LogP contribution in [0.2, 0.25) is 0 Å². The summed E-state index contributed by atoms with van der Waals surface area (Å²) in [5.41, 5.74) is 3.31. The van der Waals surface area contributed by atoms with E-state index in [0.717, 1.165) is 16.7 Å². The van der Waals surface area contributed by atoms with Crippen LogP contribution in [0.3, 0.4) is 0 Å². The molecule has 0 saturated carbocycles. The number of carbonyl (C=O) groups excluding carboxylic acids is 2. The van der Waals surface area contributed by atoms with Gasteiger partial charge in [0.15, 0.2) is 13.6 Å². The third-order valence-electron chi connectivity index (χ3n) is 4.63. The van der Waals surface area contributed by atoms with Crippen molar-refractivity contribution in [1.29, 1.82) is 0 Å². The highest BCUT2D eigenvalue weighted by Gasteiger charge is 2.27. The van der Waals surface area contributed by atoms with Gasteiger partial charge in [0.2, 0.25) is 5.52 Å². The highest BCUT2D eigenvalue weighted by Crippen LogP contribution is 2.33. The van der Waals surface area contributed by atoms with E-state index in [1.54, 1.807) is 36.4 Å². The van der Waals surface area contributed by atoms with Crippen LogP contribution in [0.1, 0.15) is 43.0 Å². The van der Waals surface area contributed by atoms with E-state index in [-0.39, 0.29) is 16.7 Å². The Morgan fingerprint density at radius 3 is 1.93 bits per heavy atom. The summed E-state index contributed by atoms with van der Waals surface area (Å²) in [6.07, 6.45) is 0. The molecule has 0 aliphatic carbocycles. The lowest BCUT2D eigenvalue weighted by Gasteiger charge is -2.13. The van der Waals surface area contributed by atoms with Crippen LogP contribution in [0.5, 0.6) is 0 Å². The molecule has 29 heavy (non-hydrogen) atoms. The Morgan fingerprint density at radius 2 is 1.34 bits per heavy atom. The first-order valence-electron chi connectivity index (χ1n) is 8.89. The standard InChI is InChI=1S/C23H18Br2O3P/c1-13-11-14(2)20(15(3)12-13)23(27)29(28)19-10-5-4-7-16(19)22(26)21-17(24)8-6-9-18(21)25/h4-12H,1-3H3. The first-order valence-corrected chi connectivity index (χ1v) is 11.7. The molecule has 147 valence electrons. The number of carbonyl (C=O) groups is 2. The summed E-state index contributed by atoms with van der Waals surface area (Å²) in [7, 11) is -2.46. The molecule has 0 aliphatic heterocycles. The molecule has 3 rings (SSSR count). The predicted molar refractivity (Wildman–Crippen MR) is 124 cm³/mol. The lowest BCUT2D eigenvalue weighted by molar-refractivity contribution is 0.103. The topological polar surface area (TPSA) is 51.2 Å². The quantitative estimate of drug-likeness (QED) is 0.272. The summed E-state index contributed by atoms with van der Waals surface area (Å²) in [6, 6.07) is 15.7. The first-order chi connectivity index (χ1) is 13.7. The fourth-order valence-electron chi connectivity index (χ4n) is 3.42. The maximum Gasteiger partial charge on any atom is 0.247 e. The average molecular weight is 533 g/mol. The largest absolute Gasteiger partial charge is 0.288 e. The van der Waals surface area contributed by atoms with Gasteiger partial charge in [0, 0.05) is 20.1 Å². The van der Waals surface area contributed by atoms with Crippen molar-refractivity contribution in [2.45, 2.75) is 20.8 Å². The maximum atomic E-state index is 13.3. The third kappa shape index (κ3) is 4.32. The van der Waals surface area contributed by atoms with Crippen molar-refractivity contribution in [2.75, 3.05) is 0 Å². The minimum absolute atomic E-state index is 0.250. The Labute approximate surface area is 187 Å². The van der Waals surface area contributed by atoms with Crippen molar-refractivity contribution in [3.05, 3.63) is 96.9 Å². The maximum absolute atomic E-state index is 13.3. The van der Waals surface area contributed by atoms with Crippen molar-refractivity contribution in [1.82, 2.24) is 0 Å². The van der Waals surface area contributed by atoms with Crippen LogP contribution in [-0.4, -0.2) is 11.3 Å². The second-order valence-corrected chi connectivity index (χ2v) is 10.0. The van der Waals surface area contributed by atoms with Gasteiger partial charge < -0.3 is 0 Å². The van der Waals surface area contributed by atoms with E-state index < -0.39 is 13.3 Å². The molecule has 3 nitrogen and oxygen atoms in total. The van der Waals surface area contributed by atoms with Crippen LogP contribution in [0.4, 0.5) is 0 Å². The SMILES string of the molecule is Cc1cc(C)c(C(=O)[P](=O)c2ccccc2C(=O)c2c(Br)cccc2Br)c(C)c1. The summed E-state index contributed by atoms with van der Waals surface area (Å²) in [4.78, 5) is 26.4. The molecule has 0 spiro atoms. The molecule has 3 aromatic carbocycles. The molecule has 0 heterocycles. The van der Waals surface area contributed by atoms with Gasteiger partial charge in [-0.15, -0.1) is 0 Å². The molecule has 0 fully saturated rings. The number of hydrogen-bond donors (Lipinski definition) is 0. The molecule has 0 bridgehead atoms. The lowest BCUT2D eigenvalue weighted by Crippen LogP contribution is -2.17. The summed E-state index contributed by atoms with van der Waals surface area (Å²) in [6.45, 7) is 5.63. The summed E-state index contributed by atoms with van der Waals surface area (Å²) < 4.78 is 14.5. The van der Waals surface area contributed by atoms with E-state index in [0.29, 0.717) is 20.1 Å². The fourth-order valence-corrected chi connectivity index (χ4v) is 6.17. The summed E-state index contributed by atoms with van der Waals surface area (Å²) in [5.74, 6) is -0.298. The van der Waals surface area contributed by atoms with Crippen molar-refractivity contribution in [3.63, 3.8) is 0 Å². The van der Waals surface area contributed by atoms with E-state index >= 15 is 0 Å². The second kappa shape index (κ2) is 8.83. The zero-order valence-corrected chi connectivity index (χ0v) is 20.2. The van der Waals surface area contributed by atoms with E-state index in [4.69, 9.17) is 0 Å². The van der Waals surface area contributed by atoms with Crippen molar-refractivity contribution in [2.24, 2.45) is 0 Å². The van der Waals surface area contributed by atoms with Crippen LogP contribution in [0, 0.1) is 20.8 Å². The Balaban J connectivity index is 2.09. The molecule has 1 radical (unpaired) electrons. The molecule has 0 saturated heterocycles. The highest BCUT2D eigenvalue weighted by molar-refractivity contribution is 9.11. The van der Waals surface area contributed by atoms with Crippen LogP contribution in [-0.2, 0) is 4.57 Å². The Bertz CT molecular complexity index is 1130. The van der Waals surface area contributed by atoms with E-state index in [1.807, 2.05) is 39.0 Å². The van der Waals surface area contributed by atoms with Gasteiger partial charge in [-0.3, -0.25) is 14.2 Å². The van der Waals surface area contributed by atoms with Crippen molar-refractivity contribution >= 4 is 56.3 Å². The summed E-state index contributed by atoms with van der Waals surface area (Å²) >= 11 is 6.81. The van der Waals surface area contributed by atoms with Crippen LogP contribution in [0.25, 0.3) is 0 Å². The third-order valence-corrected chi connectivity index (χ3v) is 7.37. The normalized spacial score (nSPS) is 11.3. The number of halogens is 2. The first kappa shape index (κ1) is 21.8. The van der Waals surface area contributed by atoms with Gasteiger partial charge in [-0.2, -0.15) is 0 Å². The molecule has 0 N–H and O–H groups in total. The van der Waals surface area contributed by atoms with E-state index in [9.17, 15) is 14.2 Å². The molecule has 0 aliphatic rings. The average Bonchev–Trinajstić information content (AvgIpc) is 2.66. The Hall–Kier alpha value is -1.94. The van der Waals surface area contributed by atoms with Crippen LogP contribution >= 0.6 is 39.7 Å². The smallest absolute Gasteiger partial charge is 0.247 e. The molecule has 6 heteroatoms. The van der Waals surface area contributed by atoms with Gasteiger partial charge >= 0.3 is 0 Å². The van der Waals surface area contributed by atoms with E-state index in [1.165, 1.54) is 0 Å². The van der Waals surface area contributed by atoms with E-state index in [2.05, 4.69) is 31.9 Å². The van der Waals surface area contributed by atoms with Gasteiger partial charge in [-0.1, -0.05) is 35.9 Å². The van der Waals surface area contributed by atoms with Gasteiger partial charge in [0.05, 0.1) is 10.9 Å². The van der Waals surface area contributed by atoms with Crippen LogP contribution < -0.4 is 5.30 Å². The molecular formula is C23H18Br2O3P. The second-order valence-electron chi connectivity index (χ2n) is 6.82. The number of hydrogen-bond acceptors (Lipinski definition) is 3. The predicted octanol–water partition coefficient (Wildman–Crippen LogP) is 6.66. The summed E-state index contributed by atoms with van der Waals surface area (Å²) in [5, 5.41) is 0.250. The molecule has 0 aromatic heterocycles. The van der Waals surface area contributed by atoms with Gasteiger partial charge in [-0.05, 0) is 88.0 Å². The van der Waals surface area contributed by atoms with Gasteiger partial charge in [0.1, 0.15) is 0 Å². The highest BCUT2D eigenvalue weighted by atomic mass is 79.9. The molecule has 1 unspecified atom stereocenters. The van der Waals surface area contributed by atoms with Crippen molar-refractivity contribution < 1.29 is 14.2 Å².